The Kier molecular flexibility index (Phi) is 5.13. The molecule has 0 saturated carbocycles. The highest BCUT2D eigenvalue weighted by Gasteiger charge is 2.18. The van der Waals surface area contributed by atoms with E-state index >= 15 is 0 Å². The number of rotatable bonds is 4. The number of benzene rings is 2. The zero-order valence-corrected chi connectivity index (χ0v) is 14.4. The molecule has 0 saturated heterocycles. The average Bonchev–Trinajstić information content (AvgIpc) is 3.04. The Bertz CT molecular complexity index is 974. The third-order valence-corrected chi connectivity index (χ3v) is 4.63. The van der Waals surface area contributed by atoms with Crippen molar-refractivity contribution >= 4 is 33.2 Å². The van der Waals surface area contributed by atoms with Gasteiger partial charge in [-0.25, -0.2) is 8.78 Å². The van der Waals surface area contributed by atoms with Crippen LogP contribution in [-0.2, 0) is 4.79 Å². The smallest absolute Gasteiger partial charge is 0.279 e. The van der Waals surface area contributed by atoms with Crippen LogP contribution in [0, 0.1) is 11.6 Å². The lowest BCUT2D eigenvalue weighted by Crippen LogP contribution is -2.47. The molecule has 0 fully saturated rings. The van der Waals surface area contributed by atoms with E-state index in [9.17, 15) is 18.4 Å². The van der Waals surface area contributed by atoms with Crippen molar-refractivity contribution in [3.63, 3.8) is 0 Å². The number of carbonyl (C=O) groups excluding carboxylic acids is 2. The van der Waals surface area contributed by atoms with E-state index < -0.39 is 29.6 Å². The minimum Gasteiger partial charge on any atom is -0.478 e. The summed E-state index contributed by atoms with van der Waals surface area (Å²) in [6, 6.07) is 11.4. The lowest BCUT2D eigenvalue weighted by molar-refractivity contribution is -0.128. The number of para-hydroxylation sites is 1. The quantitative estimate of drug-likeness (QED) is 0.686. The SMILES string of the molecule is CC(Oc1ccccc1F)C(=O)NNC(=O)c1cc2cc(F)ccc2s1. The van der Waals surface area contributed by atoms with Crippen molar-refractivity contribution in [2.24, 2.45) is 0 Å². The van der Waals surface area contributed by atoms with Crippen LogP contribution in [-0.4, -0.2) is 17.9 Å². The Morgan fingerprint density at radius 1 is 1.08 bits per heavy atom. The molecule has 8 heteroatoms. The van der Waals surface area contributed by atoms with Crippen LogP contribution in [0.25, 0.3) is 10.1 Å². The lowest BCUT2D eigenvalue weighted by atomic mass is 10.2. The molecule has 0 aliphatic carbocycles. The number of hydrogen-bond donors (Lipinski definition) is 2. The monoisotopic (exact) mass is 376 g/mol. The van der Waals surface area contributed by atoms with Gasteiger partial charge in [0.25, 0.3) is 11.8 Å². The normalized spacial score (nSPS) is 11.8. The maximum absolute atomic E-state index is 13.5. The molecule has 0 aliphatic heterocycles. The van der Waals surface area contributed by atoms with Gasteiger partial charge >= 0.3 is 0 Å². The molecule has 3 rings (SSSR count). The van der Waals surface area contributed by atoms with Crippen molar-refractivity contribution in [2.45, 2.75) is 13.0 Å². The predicted molar refractivity (Wildman–Crippen MR) is 93.9 cm³/mol. The van der Waals surface area contributed by atoms with Gasteiger partial charge in [-0.05, 0) is 48.7 Å². The third kappa shape index (κ3) is 3.97. The van der Waals surface area contributed by atoms with Crippen LogP contribution in [0.3, 0.4) is 0 Å². The van der Waals surface area contributed by atoms with Crippen LogP contribution >= 0.6 is 11.3 Å². The summed E-state index contributed by atoms with van der Waals surface area (Å²) in [5.41, 5.74) is 4.48. The molecule has 1 heterocycles. The van der Waals surface area contributed by atoms with Gasteiger partial charge in [-0.1, -0.05) is 12.1 Å². The van der Waals surface area contributed by atoms with Gasteiger partial charge in [-0.15, -0.1) is 11.3 Å². The minimum absolute atomic E-state index is 0.0620. The topological polar surface area (TPSA) is 67.4 Å². The molecule has 1 unspecified atom stereocenters. The summed E-state index contributed by atoms with van der Waals surface area (Å²) in [5, 5.41) is 0.600. The number of nitrogens with one attached hydrogen (secondary N) is 2. The van der Waals surface area contributed by atoms with Crippen molar-refractivity contribution in [1.82, 2.24) is 10.9 Å². The first-order valence-corrected chi connectivity index (χ1v) is 8.46. The number of thiophene rings is 1. The highest BCUT2D eigenvalue weighted by atomic mass is 32.1. The van der Waals surface area contributed by atoms with Crippen LogP contribution in [0.15, 0.2) is 48.5 Å². The average molecular weight is 376 g/mol. The van der Waals surface area contributed by atoms with Crippen LogP contribution in [0.1, 0.15) is 16.6 Å². The van der Waals surface area contributed by atoms with E-state index in [0.29, 0.717) is 10.3 Å². The van der Waals surface area contributed by atoms with Gasteiger partial charge in [-0.2, -0.15) is 0 Å². The third-order valence-electron chi connectivity index (χ3n) is 3.51. The van der Waals surface area contributed by atoms with E-state index in [1.807, 2.05) is 0 Å². The summed E-state index contributed by atoms with van der Waals surface area (Å²) in [7, 11) is 0. The molecule has 2 N–H and O–H groups in total. The van der Waals surface area contributed by atoms with Gasteiger partial charge < -0.3 is 4.74 Å². The molecule has 2 amide bonds. The van der Waals surface area contributed by atoms with E-state index in [1.54, 1.807) is 12.1 Å². The fourth-order valence-corrected chi connectivity index (χ4v) is 3.13. The molecule has 26 heavy (non-hydrogen) atoms. The maximum atomic E-state index is 13.5. The van der Waals surface area contributed by atoms with Crippen LogP contribution in [0.5, 0.6) is 5.75 Å². The Morgan fingerprint density at radius 2 is 1.85 bits per heavy atom. The van der Waals surface area contributed by atoms with Gasteiger partial charge in [0.1, 0.15) is 5.82 Å². The first-order valence-electron chi connectivity index (χ1n) is 7.64. The summed E-state index contributed by atoms with van der Waals surface area (Å²) < 4.78 is 32.7. The Balaban J connectivity index is 1.59. The molecule has 3 aromatic rings. The number of carbonyl (C=O) groups is 2. The van der Waals surface area contributed by atoms with Crippen LogP contribution in [0.4, 0.5) is 8.78 Å². The zero-order chi connectivity index (χ0) is 18.7. The first-order chi connectivity index (χ1) is 12.4. The minimum atomic E-state index is -1.02. The van der Waals surface area contributed by atoms with Crippen LogP contribution < -0.4 is 15.6 Å². The fraction of sp³-hybridized carbons (Fsp3) is 0.111. The highest BCUT2D eigenvalue weighted by molar-refractivity contribution is 7.20. The van der Waals surface area contributed by atoms with Gasteiger partial charge in [0.2, 0.25) is 0 Å². The number of ether oxygens (including phenoxy) is 1. The lowest BCUT2D eigenvalue weighted by Gasteiger charge is -2.15. The molecular formula is C18H14F2N2O3S. The molecule has 0 radical (unpaired) electrons. The van der Waals surface area contributed by atoms with Gasteiger partial charge in [-0.3, -0.25) is 20.4 Å². The molecule has 5 nitrogen and oxygen atoms in total. The summed E-state index contributed by atoms with van der Waals surface area (Å²) >= 11 is 1.17. The van der Waals surface area contributed by atoms with E-state index in [2.05, 4.69) is 10.9 Å². The largest absolute Gasteiger partial charge is 0.478 e. The second-order valence-corrected chi connectivity index (χ2v) is 6.51. The molecule has 0 spiro atoms. The number of amides is 2. The van der Waals surface area contributed by atoms with E-state index in [4.69, 9.17) is 4.74 Å². The van der Waals surface area contributed by atoms with Crippen LogP contribution in [0.2, 0.25) is 0 Å². The van der Waals surface area contributed by atoms with Crippen molar-refractivity contribution < 1.29 is 23.1 Å². The second-order valence-electron chi connectivity index (χ2n) is 5.43. The number of fused-ring (bicyclic) bond motifs is 1. The summed E-state index contributed by atoms with van der Waals surface area (Å²) in [4.78, 5) is 24.4. The Morgan fingerprint density at radius 3 is 2.62 bits per heavy atom. The maximum Gasteiger partial charge on any atom is 0.279 e. The van der Waals surface area contributed by atoms with E-state index in [1.165, 1.54) is 54.7 Å². The van der Waals surface area contributed by atoms with Gasteiger partial charge in [0.05, 0.1) is 4.88 Å². The molecule has 0 bridgehead atoms. The summed E-state index contributed by atoms with van der Waals surface area (Å²) in [5.74, 6) is -2.23. The highest BCUT2D eigenvalue weighted by Crippen LogP contribution is 2.26. The Labute approximate surface area is 151 Å². The van der Waals surface area contributed by atoms with Gasteiger partial charge in [0.15, 0.2) is 17.7 Å². The Hall–Kier alpha value is -3.00. The molecule has 1 atom stereocenters. The molecule has 0 aliphatic rings. The fourth-order valence-electron chi connectivity index (χ4n) is 2.19. The van der Waals surface area contributed by atoms with E-state index in [0.717, 1.165) is 4.70 Å². The first kappa shape index (κ1) is 17.8. The molecule has 134 valence electrons. The molecule has 1 aromatic heterocycles. The van der Waals surface area contributed by atoms with Crippen molar-refractivity contribution in [3.8, 4) is 5.75 Å². The van der Waals surface area contributed by atoms with Crippen molar-refractivity contribution in [1.29, 1.82) is 0 Å². The zero-order valence-electron chi connectivity index (χ0n) is 13.6. The van der Waals surface area contributed by atoms with E-state index in [-0.39, 0.29) is 5.75 Å². The number of hydrogen-bond acceptors (Lipinski definition) is 4. The predicted octanol–water partition coefficient (Wildman–Crippen LogP) is 3.41. The summed E-state index contributed by atoms with van der Waals surface area (Å²) in [6.45, 7) is 1.43. The standard InChI is InChI=1S/C18H14F2N2O3S/c1-10(25-14-5-3-2-4-13(14)20)17(23)21-22-18(24)16-9-11-8-12(19)6-7-15(11)26-16/h2-10H,1H3,(H,21,23)(H,22,24). The second kappa shape index (κ2) is 7.49. The van der Waals surface area contributed by atoms with Crippen molar-refractivity contribution in [3.05, 3.63) is 65.0 Å². The number of halogens is 2. The summed E-state index contributed by atoms with van der Waals surface area (Å²) in [6.07, 6.45) is -1.02. The van der Waals surface area contributed by atoms with Gasteiger partial charge in [0, 0.05) is 4.70 Å². The number of hydrazine groups is 1. The van der Waals surface area contributed by atoms with Crippen molar-refractivity contribution in [2.75, 3.05) is 0 Å². The molecular weight excluding hydrogens is 362 g/mol. The molecule has 2 aromatic carbocycles.